The Hall–Kier alpha value is -4.70. The molecule has 0 radical (unpaired) electrons. The number of carbonyl (C=O) groups excluding carboxylic acids is 2. The molecule has 2 aliphatic heterocycles. The summed E-state index contributed by atoms with van der Waals surface area (Å²) in [5.74, 6) is -2.79. The van der Waals surface area contributed by atoms with Crippen molar-refractivity contribution < 1.29 is 31.9 Å². The highest BCUT2D eigenvalue weighted by Gasteiger charge is 2.43. The lowest BCUT2D eigenvalue weighted by atomic mass is 9.80. The normalized spacial score (nSPS) is 18.4. The fourth-order valence-corrected chi connectivity index (χ4v) is 6.57. The SMILES string of the molecule is Cc1ccc(NC(=O)C2Cc3ccccc3N(C(=O)c3c(C)cccc3F)C2c2ccc(NC3CCOCC3)cc2)cc1C(F)(F)F. The number of rotatable bonds is 6. The number of hydrogen-bond donors (Lipinski definition) is 2. The van der Waals surface area contributed by atoms with Crippen LogP contribution >= 0.6 is 0 Å². The van der Waals surface area contributed by atoms with Gasteiger partial charge in [0.15, 0.2) is 0 Å². The maximum Gasteiger partial charge on any atom is 0.416 e. The van der Waals surface area contributed by atoms with Crippen LogP contribution in [0.4, 0.5) is 34.6 Å². The Balaban J connectivity index is 1.43. The number of carbonyl (C=O) groups is 2. The highest BCUT2D eigenvalue weighted by Crippen LogP contribution is 2.44. The molecule has 2 heterocycles. The Morgan fingerprint density at radius 1 is 0.851 bits per heavy atom. The molecular weight excluding hydrogens is 610 g/mol. The van der Waals surface area contributed by atoms with Gasteiger partial charge in [-0.3, -0.25) is 14.5 Å². The molecule has 1 fully saturated rings. The van der Waals surface area contributed by atoms with Crippen molar-refractivity contribution in [1.29, 1.82) is 0 Å². The minimum atomic E-state index is -4.60. The van der Waals surface area contributed by atoms with Crippen molar-refractivity contribution in [1.82, 2.24) is 0 Å². The van der Waals surface area contributed by atoms with Gasteiger partial charge in [-0.25, -0.2) is 4.39 Å². The third-order valence-corrected chi connectivity index (χ3v) is 9.00. The topological polar surface area (TPSA) is 70.7 Å². The van der Waals surface area contributed by atoms with E-state index in [4.69, 9.17) is 4.74 Å². The predicted molar refractivity (Wildman–Crippen MR) is 173 cm³/mol. The van der Waals surface area contributed by atoms with Crippen molar-refractivity contribution in [2.24, 2.45) is 5.92 Å². The van der Waals surface area contributed by atoms with Crippen LogP contribution in [0.1, 0.15) is 57.1 Å². The third-order valence-electron chi connectivity index (χ3n) is 9.00. The van der Waals surface area contributed by atoms with Crippen molar-refractivity contribution in [2.45, 2.75) is 51.4 Å². The fraction of sp³-hybridized carbons (Fsp3) is 0.297. The van der Waals surface area contributed by atoms with E-state index in [1.54, 1.807) is 37.3 Å². The zero-order valence-electron chi connectivity index (χ0n) is 26.0. The molecular formula is C37H35F4N3O3. The van der Waals surface area contributed by atoms with E-state index in [0.717, 1.165) is 24.6 Å². The van der Waals surface area contributed by atoms with Gasteiger partial charge < -0.3 is 15.4 Å². The van der Waals surface area contributed by atoms with Crippen LogP contribution in [0.5, 0.6) is 0 Å². The minimum absolute atomic E-state index is 0.00984. The second-order valence-corrected chi connectivity index (χ2v) is 12.2. The molecule has 0 aromatic heterocycles. The van der Waals surface area contributed by atoms with Crippen LogP contribution in [0.2, 0.25) is 0 Å². The lowest BCUT2D eigenvalue weighted by molar-refractivity contribution is -0.138. The summed E-state index contributed by atoms with van der Waals surface area (Å²) in [5, 5.41) is 6.20. The van der Waals surface area contributed by atoms with Crippen molar-refractivity contribution in [3.05, 3.63) is 124 Å². The van der Waals surface area contributed by atoms with E-state index in [-0.39, 0.29) is 29.3 Å². The first-order chi connectivity index (χ1) is 22.5. The van der Waals surface area contributed by atoms with Crippen LogP contribution in [0.25, 0.3) is 0 Å². The Morgan fingerprint density at radius 2 is 1.55 bits per heavy atom. The number of para-hydroxylation sites is 1. The fourth-order valence-electron chi connectivity index (χ4n) is 6.57. The first kappa shape index (κ1) is 32.2. The monoisotopic (exact) mass is 645 g/mol. The molecule has 4 aromatic rings. The number of amides is 2. The number of hydrogen-bond acceptors (Lipinski definition) is 4. The van der Waals surface area contributed by atoms with Crippen LogP contribution in [0, 0.1) is 25.6 Å². The smallest absolute Gasteiger partial charge is 0.382 e. The van der Waals surface area contributed by atoms with E-state index in [1.165, 1.54) is 36.1 Å². The largest absolute Gasteiger partial charge is 0.416 e. The van der Waals surface area contributed by atoms with E-state index in [2.05, 4.69) is 10.6 Å². The quantitative estimate of drug-likeness (QED) is 0.207. The van der Waals surface area contributed by atoms with Gasteiger partial charge in [-0.05, 0) is 91.8 Å². The molecule has 0 spiro atoms. The summed E-state index contributed by atoms with van der Waals surface area (Å²) < 4.78 is 61.9. The summed E-state index contributed by atoms with van der Waals surface area (Å²) in [7, 11) is 0. The summed E-state index contributed by atoms with van der Waals surface area (Å²) >= 11 is 0. The first-order valence-electron chi connectivity index (χ1n) is 15.6. The molecule has 10 heteroatoms. The third kappa shape index (κ3) is 6.74. The molecule has 2 aliphatic rings. The summed E-state index contributed by atoms with van der Waals surface area (Å²) in [6, 6.07) is 22.0. The van der Waals surface area contributed by atoms with Crippen molar-refractivity contribution >= 4 is 28.9 Å². The summed E-state index contributed by atoms with van der Waals surface area (Å²) in [6.07, 6.45) is -2.67. The highest BCUT2D eigenvalue weighted by atomic mass is 19.4. The van der Waals surface area contributed by atoms with Gasteiger partial charge in [-0.1, -0.05) is 48.5 Å². The summed E-state index contributed by atoms with van der Waals surface area (Å²) in [6.45, 7) is 4.35. The second-order valence-electron chi connectivity index (χ2n) is 12.2. The van der Waals surface area contributed by atoms with Gasteiger partial charge in [-0.15, -0.1) is 0 Å². The molecule has 2 N–H and O–H groups in total. The number of fused-ring (bicyclic) bond motifs is 1. The Bertz CT molecular complexity index is 1760. The number of alkyl halides is 3. The molecule has 2 amide bonds. The van der Waals surface area contributed by atoms with Crippen LogP contribution < -0.4 is 15.5 Å². The molecule has 6 rings (SSSR count). The number of aryl methyl sites for hydroxylation is 2. The summed E-state index contributed by atoms with van der Waals surface area (Å²) in [5.41, 5.74) is 2.21. The molecule has 2 unspecified atom stereocenters. The average Bonchev–Trinajstić information content (AvgIpc) is 3.05. The number of halogens is 4. The Labute approximate surface area is 270 Å². The van der Waals surface area contributed by atoms with Crippen molar-refractivity contribution in [3.8, 4) is 0 Å². The number of nitrogens with one attached hydrogen (secondary N) is 2. The second kappa shape index (κ2) is 13.2. The zero-order chi connectivity index (χ0) is 33.3. The van der Waals surface area contributed by atoms with Gasteiger partial charge in [0.1, 0.15) is 5.82 Å². The Kier molecular flexibility index (Phi) is 9.05. The number of anilines is 3. The number of nitrogens with zero attached hydrogens (tertiary/aromatic N) is 1. The number of benzene rings is 4. The van der Waals surface area contributed by atoms with Gasteiger partial charge in [0.2, 0.25) is 5.91 Å². The molecule has 0 aliphatic carbocycles. The van der Waals surface area contributed by atoms with Crippen LogP contribution in [0.3, 0.4) is 0 Å². The lowest BCUT2D eigenvalue weighted by Crippen LogP contribution is -2.47. The van der Waals surface area contributed by atoms with E-state index < -0.39 is 41.3 Å². The molecule has 244 valence electrons. The zero-order valence-corrected chi connectivity index (χ0v) is 26.0. The predicted octanol–water partition coefficient (Wildman–Crippen LogP) is 8.25. The van der Waals surface area contributed by atoms with Gasteiger partial charge in [-0.2, -0.15) is 13.2 Å². The molecule has 6 nitrogen and oxygen atoms in total. The van der Waals surface area contributed by atoms with E-state index in [9.17, 15) is 22.8 Å². The maximum atomic E-state index is 15.3. The molecule has 1 saturated heterocycles. The standard InChI is InChI=1S/C37H35F4N3O3/c1-22-10-13-28(21-30(22)37(39,40)41)43-35(45)29-20-25-7-3-4-9-32(25)44(36(46)33-23(2)6-5-8-31(33)38)34(29)24-11-14-26(15-12-24)42-27-16-18-47-19-17-27/h3-15,21,27,29,34,42H,16-20H2,1-2H3,(H,43,45). The molecule has 4 aromatic carbocycles. The first-order valence-corrected chi connectivity index (χ1v) is 15.6. The molecule has 47 heavy (non-hydrogen) atoms. The molecule has 0 saturated carbocycles. The minimum Gasteiger partial charge on any atom is -0.382 e. The van der Waals surface area contributed by atoms with Gasteiger partial charge in [0, 0.05) is 36.3 Å². The van der Waals surface area contributed by atoms with Crippen molar-refractivity contribution in [3.63, 3.8) is 0 Å². The molecule has 0 bridgehead atoms. The van der Waals surface area contributed by atoms with E-state index in [0.29, 0.717) is 35.6 Å². The van der Waals surface area contributed by atoms with Crippen LogP contribution in [-0.4, -0.2) is 31.1 Å². The molecule has 2 atom stereocenters. The maximum absolute atomic E-state index is 15.3. The van der Waals surface area contributed by atoms with Gasteiger partial charge in [0.25, 0.3) is 5.91 Å². The van der Waals surface area contributed by atoms with Crippen LogP contribution in [-0.2, 0) is 22.1 Å². The van der Waals surface area contributed by atoms with Gasteiger partial charge in [0.05, 0.1) is 23.1 Å². The van der Waals surface area contributed by atoms with E-state index >= 15 is 4.39 Å². The van der Waals surface area contributed by atoms with Gasteiger partial charge >= 0.3 is 6.18 Å². The Morgan fingerprint density at radius 3 is 2.26 bits per heavy atom. The highest BCUT2D eigenvalue weighted by molar-refractivity contribution is 6.09. The van der Waals surface area contributed by atoms with Crippen LogP contribution in [0.15, 0.2) is 84.9 Å². The lowest BCUT2D eigenvalue weighted by Gasteiger charge is -2.42. The number of ether oxygens (including phenoxy) is 1. The summed E-state index contributed by atoms with van der Waals surface area (Å²) in [4.78, 5) is 30.1. The average molecular weight is 646 g/mol. The van der Waals surface area contributed by atoms with E-state index in [1.807, 2.05) is 24.3 Å². The van der Waals surface area contributed by atoms with Crippen molar-refractivity contribution in [2.75, 3.05) is 28.7 Å².